The van der Waals surface area contributed by atoms with Crippen LogP contribution in [0.2, 0.25) is 0 Å². The Morgan fingerprint density at radius 3 is 2.53 bits per heavy atom. The first-order chi connectivity index (χ1) is 8.23. The molecule has 0 radical (unpaired) electrons. The molecule has 1 aliphatic rings. The van der Waals surface area contributed by atoms with Crippen molar-refractivity contribution in [2.24, 2.45) is 5.41 Å². The molecule has 0 aliphatic heterocycles. The highest BCUT2D eigenvalue weighted by atomic mass is 16.5. The molecule has 1 N–H and O–H groups in total. The van der Waals surface area contributed by atoms with Crippen LogP contribution in [-0.2, 0) is 6.42 Å². The minimum absolute atomic E-state index is 0.439. The fourth-order valence-electron chi connectivity index (χ4n) is 2.39. The molecule has 0 amide bonds. The zero-order valence-corrected chi connectivity index (χ0v) is 10.9. The molecule has 0 bridgehead atoms. The SMILES string of the molecule is CNCC1(Cc2cc(OC)ccc2OC)CC1. The third-order valence-electron chi connectivity index (χ3n) is 3.56. The van der Waals surface area contributed by atoms with Crippen molar-refractivity contribution in [3.63, 3.8) is 0 Å². The van der Waals surface area contributed by atoms with Crippen molar-refractivity contribution < 1.29 is 9.47 Å². The van der Waals surface area contributed by atoms with Crippen molar-refractivity contribution in [3.05, 3.63) is 23.8 Å². The van der Waals surface area contributed by atoms with E-state index in [-0.39, 0.29) is 0 Å². The van der Waals surface area contributed by atoms with Gasteiger partial charge in [-0.25, -0.2) is 0 Å². The molecule has 0 saturated heterocycles. The van der Waals surface area contributed by atoms with Gasteiger partial charge in [0.25, 0.3) is 0 Å². The lowest BCUT2D eigenvalue weighted by Gasteiger charge is -2.17. The molecule has 94 valence electrons. The van der Waals surface area contributed by atoms with Gasteiger partial charge in [0.05, 0.1) is 14.2 Å². The van der Waals surface area contributed by atoms with Crippen LogP contribution < -0.4 is 14.8 Å². The van der Waals surface area contributed by atoms with Crippen LogP contribution in [0.4, 0.5) is 0 Å². The summed E-state index contributed by atoms with van der Waals surface area (Å²) in [5, 5.41) is 3.28. The molecular formula is C14H21NO2. The Morgan fingerprint density at radius 2 is 2.00 bits per heavy atom. The van der Waals surface area contributed by atoms with Crippen molar-refractivity contribution in [1.29, 1.82) is 0 Å². The lowest BCUT2D eigenvalue weighted by Crippen LogP contribution is -2.22. The molecule has 2 rings (SSSR count). The molecular weight excluding hydrogens is 214 g/mol. The second-order valence-corrected chi connectivity index (χ2v) is 4.88. The second-order valence-electron chi connectivity index (χ2n) is 4.88. The number of rotatable bonds is 6. The summed E-state index contributed by atoms with van der Waals surface area (Å²) >= 11 is 0. The predicted octanol–water partition coefficient (Wildman–Crippen LogP) is 2.25. The lowest BCUT2D eigenvalue weighted by atomic mass is 9.95. The van der Waals surface area contributed by atoms with Gasteiger partial charge in [0, 0.05) is 6.54 Å². The highest BCUT2D eigenvalue weighted by Crippen LogP contribution is 2.49. The standard InChI is InChI=1S/C14H21NO2/c1-15-10-14(6-7-14)9-11-8-12(16-2)4-5-13(11)17-3/h4-5,8,15H,6-7,9-10H2,1-3H3. The maximum atomic E-state index is 5.42. The third kappa shape index (κ3) is 2.72. The van der Waals surface area contributed by atoms with E-state index in [0.29, 0.717) is 5.41 Å². The fraction of sp³-hybridized carbons (Fsp3) is 0.571. The van der Waals surface area contributed by atoms with Crippen LogP contribution in [0.15, 0.2) is 18.2 Å². The zero-order chi connectivity index (χ0) is 12.3. The smallest absolute Gasteiger partial charge is 0.122 e. The summed E-state index contributed by atoms with van der Waals surface area (Å²) in [7, 11) is 5.44. The summed E-state index contributed by atoms with van der Waals surface area (Å²) < 4.78 is 10.7. The fourth-order valence-corrected chi connectivity index (χ4v) is 2.39. The first-order valence-corrected chi connectivity index (χ1v) is 6.08. The maximum absolute atomic E-state index is 5.42. The molecule has 0 unspecified atom stereocenters. The molecule has 0 aromatic heterocycles. The van der Waals surface area contributed by atoms with Crippen LogP contribution in [0.5, 0.6) is 11.5 Å². The van der Waals surface area contributed by atoms with Gasteiger partial charge in [0.1, 0.15) is 11.5 Å². The van der Waals surface area contributed by atoms with Gasteiger partial charge in [-0.1, -0.05) is 0 Å². The van der Waals surface area contributed by atoms with Crippen LogP contribution >= 0.6 is 0 Å². The largest absolute Gasteiger partial charge is 0.497 e. The predicted molar refractivity (Wildman–Crippen MR) is 68.8 cm³/mol. The minimum atomic E-state index is 0.439. The van der Waals surface area contributed by atoms with Crippen LogP contribution in [0.3, 0.4) is 0 Å². The van der Waals surface area contributed by atoms with Crippen molar-refractivity contribution in [3.8, 4) is 11.5 Å². The van der Waals surface area contributed by atoms with Crippen molar-refractivity contribution in [1.82, 2.24) is 5.32 Å². The van der Waals surface area contributed by atoms with E-state index in [2.05, 4.69) is 11.4 Å². The zero-order valence-electron chi connectivity index (χ0n) is 10.9. The molecule has 1 aliphatic carbocycles. The summed E-state index contributed by atoms with van der Waals surface area (Å²) in [6.45, 7) is 1.08. The molecule has 3 nitrogen and oxygen atoms in total. The van der Waals surface area contributed by atoms with E-state index >= 15 is 0 Å². The molecule has 0 atom stereocenters. The first-order valence-electron chi connectivity index (χ1n) is 6.08. The van der Waals surface area contributed by atoms with Crippen LogP contribution in [0.1, 0.15) is 18.4 Å². The highest BCUT2D eigenvalue weighted by molar-refractivity contribution is 5.41. The van der Waals surface area contributed by atoms with E-state index < -0.39 is 0 Å². The van der Waals surface area contributed by atoms with Gasteiger partial charge in [0.15, 0.2) is 0 Å². The van der Waals surface area contributed by atoms with Crippen molar-refractivity contribution in [2.75, 3.05) is 27.8 Å². The average molecular weight is 235 g/mol. The highest BCUT2D eigenvalue weighted by Gasteiger charge is 2.42. The van der Waals surface area contributed by atoms with Crippen LogP contribution in [0, 0.1) is 5.41 Å². The third-order valence-corrected chi connectivity index (χ3v) is 3.56. The van der Waals surface area contributed by atoms with E-state index in [1.54, 1.807) is 14.2 Å². The Morgan fingerprint density at radius 1 is 1.24 bits per heavy atom. The average Bonchev–Trinajstić information content (AvgIpc) is 3.09. The molecule has 1 aromatic rings. The monoisotopic (exact) mass is 235 g/mol. The van der Waals surface area contributed by atoms with E-state index in [4.69, 9.17) is 9.47 Å². The summed E-state index contributed by atoms with van der Waals surface area (Å²) in [5.74, 6) is 1.87. The van der Waals surface area contributed by atoms with Crippen molar-refractivity contribution >= 4 is 0 Å². The van der Waals surface area contributed by atoms with Gasteiger partial charge in [-0.3, -0.25) is 0 Å². The number of hydrogen-bond acceptors (Lipinski definition) is 3. The van der Waals surface area contributed by atoms with E-state index in [9.17, 15) is 0 Å². The normalized spacial score (nSPS) is 16.6. The molecule has 1 aromatic carbocycles. The van der Waals surface area contributed by atoms with Gasteiger partial charge >= 0.3 is 0 Å². The van der Waals surface area contributed by atoms with Gasteiger partial charge in [-0.15, -0.1) is 0 Å². The molecule has 0 spiro atoms. The quantitative estimate of drug-likeness (QED) is 0.820. The first kappa shape index (κ1) is 12.2. The maximum Gasteiger partial charge on any atom is 0.122 e. The van der Waals surface area contributed by atoms with Crippen LogP contribution in [-0.4, -0.2) is 27.8 Å². The van der Waals surface area contributed by atoms with E-state index in [1.165, 1.54) is 18.4 Å². The van der Waals surface area contributed by atoms with Crippen LogP contribution in [0.25, 0.3) is 0 Å². The van der Waals surface area contributed by atoms with Crippen molar-refractivity contribution in [2.45, 2.75) is 19.3 Å². The Bertz CT molecular complexity index is 386. The number of hydrogen-bond donors (Lipinski definition) is 1. The number of nitrogens with one attached hydrogen (secondary N) is 1. The Labute approximate surface area is 103 Å². The molecule has 1 fully saturated rings. The second kappa shape index (κ2) is 4.96. The lowest BCUT2D eigenvalue weighted by molar-refractivity contribution is 0.390. The van der Waals surface area contributed by atoms with Gasteiger partial charge in [-0.05, 0) is 55.5 Å². The molecule has 17 heavy (non-hydrogen) atoms. The number of methoxy groups -OCH3 is 2. The topological polar surface area (TPSA) is 30.5 Å². The summed E-state index contributed by atoms with van der Waals surface area (Å²) in [6.07, 6.45) is 3.66. The Hall–Kier alpha value is -1.22. The van der Waals surface area contributed by atoms with E-state index in [0.717, 1.165) is 24.5 Å². The molecule has 3 heteroatoms. The Balaban J connectivity index is 2.18. The summed E-state index contributed by atoms with van der Waals surface area (Å²) in [5.41, 5.74) is 1.69. The Kier molecular flexibility index (Phi) is 3.57. The van der Waals surface area contributed by atoms with E-state index in [1.807, 2.05) is 19.2 Å². The van der Waals surface area contributed by atoms with Gasteiger partial charge in [-0.2, -0.15) is 0 Å². The minimum Gasteiger partial charge on any atom is -0.497 e. The molecule has 1 saturated carbocycles. The van der Waals surface area contributed by atoms with Gasteiger partial charge in [0.2, 0.25) is 0 Å². The molecule has 0 heterocycles. The van der Waals surface area contributed by atoms with Gasteiger partial charge < -0.3 is 14.8 Å². The number of benzene rings is 1. The summed E-state index contributed by atoms with van der Waals surface area (Å²) in [4.78, 5) is 0. The number of ether oxygens (including phenoxy) is 2. The summed E-state index contributed by atoms with van der Waals surface area (Å²) in [6, 6.07) is 6.03.